The van der Waals surface area contributed by atoms with Gasteiger partial charge in [0.1, 0.15) is 5.75 Å². The molecule has 0 unspecified atom stereocenters. The molecule has 1 aliphatic heterocycles. The fourth-order valence-corrected chi connectivity index (χ4v) is 4.28. The maximum Gasteiger partial charge on any atom is 0.214 e. The van der Waals surface area contributed by atoms with Gasteiger partial charge in [-0.1, -0.05) is 22.9 Å². The second-order valence-electron chi connectivity index (χ2n) is 6.48. The largest absolute Gasteiger partial charge is 0.496 e. The van der Waals surface area contributed by atoms with Gasteiger partial charge < -0.3 is 20.5 Å². The SMILES string of the molecule is COc1cc(Cl)ccc1-c1cnc2sc(N3CCC(O)(CN)CC3)nn12. The molecule has 1 aliphatic rings. The molecule has 1 fully saturated rings. The first-order chi connectivity index (χ1) is 12.5. The molecule has 3 N–H and O–H groups in total. The van der Waals surface area contributed by atoms with E-state index in [1.807, 2.05) is 16.6 Å². The second-order valence-corrected chi connectivity index (χ2v) is 7.85. The first-order valence-corrected chi connectivity index (χ1v) is 9.58. The minimum atomic E-state index is -0.754. The number of nitrogens with zero attached hydrogens (tertiary/aromatic N) is 4. The molecule has 0 aliphatic carbocycles. The Morgan fingerprint density at radius 3 is 2.85 bits per heavy atom. The number of hydrogen-bond donors (Lipinski definition) is 2. The molecule has 4 rings (SSSR count). The Kier molecular flexibility index (Phi) is 4.52. The number of halogens is 1. The molecule has 7 nitrogen and oxygen atoms in total. The van der Waals surface area contributed by atoms with E-state index in [4.69, 9.17) is 27.2 Å². The summed E-state index contributed by atoms with van der Waals surface area (Å²) in [5.41, 5.74) is 6.66. The Hall–Kier alpha value is -1.87. The van der Waals surface area contributed by atoms with Crippen molar-refractivity contribution in [2.75, 3.05) is 31.6 Å². The molecular weight excluding hydrogens is 374 g/mol. The van der Waals surface area contributed by atoms with Crippen LogP contribution in [0.4, 0.5) is 5.13 Å². The normalized spacial score (nSPS) is 17.0. The minimum Gasteiger partial charge on any atom is -0.496 e. The van der Waals surface area contributed by atoms with Crippen LogP contribution in [0.15, 0.2) is 24.4 Å². The van der Waals surface area contributed by atoms with Gasteiger partial charge in [-0.25, -0.2) is 9.50 Å². The van der Waals surface area contributed by atoms with Crippen LogP contribution in [-0.2, 0) is 0 Å². The second kappa shape index (κ2) is 6.70. The number of fused-ring (bicyclic) bond motifs is 1. The van der Waals surface area contributed by atoms with E-state index in [9.17, 15) is 5.11 Å². The van der Waals surface area contributed by atoms with Crippen LogP contribution in [-0.4, -0.2) is 52.0 Å². The minimum absolute atomic E-state index is 0.294. The highest BCUT2D eigenvalue weighted by Gasteiger charge is 2.32. The first-order valence-electron chi connectivity index (χ1n) is 8.39. The van der Waals surface area contributed by atoms with Crippen LogP contribution < -0.4 is 15.4 Å². The summed E-state index contributed by atoms with van der Waals surface area (Å²) >= 11 is 7.59. The number of methoxy groups -OCH3 is 1. The Balaban J connectivity index is 1.66. The molecule has 0 atom stereocenters. The monoisotopic (exact) mass is 393 g/mol. The van der Waals surface area contributed by atoms with Crippen LogP contribution in [0.1, 0.15) is 12.8 Å². The van der Waals surface area contributed by atoms with Crippen molar-refractivity contribution in [1.29, 1.82) is 0 Å². The van der Waals surface area contributed by atoms with Gasteiger partial charge in [0, 0.05) is 30.2 Å². The van der Waals surface area contributed by atoms with E-state index in [1.165, 1.54) is 11.3 Å². The average molecular weight is 394 g/mol. The highest BCUT2D eigenvalue weighted by Crippen LogP contribution is 2.35. The number of imidazole rings is 1. The summed E-state index contributed by atoms with van der Waals surface area (Å²) < 4.78 is 7.29. The van der Waals surface area contributed by atoms with Gasteiger partial charge >= 0.3 is 0 Å². The lowest BCUT2D eigenvalue weighted by atomic mass is 9.92. The summed E-state index contributed by atoms with van der Waals surface area (Å²) in [5.74, 6) is 0.680. The van der Waals surface area contributed by atoms with Gasteiger partial charge in [0.2, 0.25) is 10.1 Å². The summed E-state index contributed by atoms with van der Waals surface area (Å²) in [4.78, 5) is 7.47. The van der Waals surface area contributed by atoms with Crippen molar-refractivity contribution >= 4 is 33.0 Å². The van der Waals surface area contributed by atoms with Gasteiger partial charge in [-0.05, 0) is 31.0 Å². The topological polar surface area (TPSA) is 88.9 Å². The Bertz CT molecular complexity index is 933. The van der Waals surface area contributed by atoms with Crippen molar-refractivity contribution in [2.24, 2.45) is 5.73 Å². The lowest BCUT2D eigenvalue weighted by Crippen LogP contribution is -2.48. The molecule has 0 amide bonds. The molecular formula is C17H20ClN5O2S. The molecule has 138 valence electrons. The fraction of sp³-hybridized carbons (Fsp3) is 0.412. The third-order valence-electron chi connectivity index (χ3n) is 4.86. The molecule has 0 bridgehead atoms. The lowest BCUT2D eigenvalue weighted by molar-refractivity contribution is 0.0249. The van der Waals surface area contributed by atoms with Crippen molar-refractivity contribution in [3.05, 3.63) is 29.4 Å². The smallest absolute Gasteiger partial charge is 0.214 e. The van der Waals surface area contributed by atoms with E-state index >= 15 is 0 Å². The van der Waals surface area contributed by atoms with Crippen LogP contribution in [0.3, 0.4) is 0 Å². The van der Waals surface area contributed by atoms with Crippen LogP contribution in [0.25, 0.3) is 16.2 Å². The van der Waals surface area contributed by atoms with Gasteiger partial charge in [0.25, 0.3) is 0 Å². The molecule has 0 radical (unpaired) electrons. The van der Waals surface area contributed by atoms with Crippen molar-refractivity contribution in [2.45, 2.75) is 18.4 Å². The van der Waals surface area contributed by atoms with Crippen LogP contribution in [0.2, 0.25) is 5.02 Å². The predicted octanol–water partition coefficient (Wildman–Crippen LogP) is 2.41. The number of piperidine rings is 1. The van der Waals surface area contributed by atoms with Crippen molar-refractivity contribution < 1.29 is 9.84 Å². The number of aliphatic hydroxyl groups is 1. The van der Waals surface area contributed by atoms with Crippen molar-refractivity contribution in [3.8, 4) is 17.0 Å². The van der Waals surface area contributed by atoms with Gasteiger partial charge in [0.15, 0.2) is 0 Å². The van der Waals surface area contributed by atoms with E-state index in [0.717, 1.165) is 34.4 Å². The van der Waals surface area contributed by atoms with Crippen LogP contribution in [0.5, 0.6) is 5.75 Å². The van der Waals surface area contributed by atoms with Crippen LogP contribution >= 0.6 is 22.9 Å². The van der Waals surface area contributed by atoms with Gasteiger partial charge in [-0.3, -0.25) is 0 Å². The Labute approximate surface area is 160 Å². The van der Waals surface area contributed by atoms with Gasteiger partial charge in [-0.2, -0.15) is 0 Å². The molecule has 9 heteroatoms. The molecule has 1 saturated heterocycles. The van der Waals surface area contributed by atoms with Gasteiger partial charge in [0.05, 0.1) is 24.6 Å². The standard InChI is InChI=1S/C17H20ClN5O2S/c1-25-14-8-11(18)2-3-12(14)13-9-20-15-23(13)21-16(26-15)22-6-4-17(24,10-19)5-7-22/h2-3,8-9,24H,4-7,10,19H2,1H3. The van der Waals surface area contributed by atoms with Crippen molar-refractivity contribution in [3.63, 3.8) is 0 Å². The zero-order valence-corrected chi connectivity index (χ0v) is 15.9. The Morgan fingerprint density at radius 1 is 1.38 bits per heavy atom. The van der Waals surface area contributed by atoms with E-state index in [-0.39, 0.29) is 0 Å². The molecule has 1 aromatic carbocycles. The molecule has 26 heavy (non-hydrogen) atoms. The number of nitrogens with two attached hydrogens (primary N) is 1. The summed E-state index contributed by atoms with van der Waals surface area (Å²) in [6, 6.07) is 5.51. The van der Waals surface area contributed by atoms with Gasteiger partial charge in [-0.15, -0.1) is 5.10 Å². The highest BCUT2D eigenvalue weighted by molar-refractivity contribution is 7.20. The maximum absolute atomic E-state index is 10.3. The summed E-state index contributed by atoms with van der Waals surface area (Å²) in [7, 11) is 1.62. The summed E-state index contributed by atoms with van der Waals surface area (Å²) in [5, 5.41) is 16.6. The molecule has 0 saturated carbocycles. The number of hydrogen-bond acceptors (Lipinski definition) is 7. The number of aromatic nitrogens is 3. The zero-order valence-electron chi connectivity index (χ0n) is 14.4. The van der Waals surface area contributed by atoms with E-state index < -0.39 is 5.60 Å². The fourth-order valence-electron chi connectivity index (χ4n) is 3.19. The van der Waals surface area contributed by atoms with Crippen molar-refractivity contribution in [1.82, 2.24) is 14.6 Å². The lowest BCUT2D eigenvalue weighted by Gasteiger charge is -2.37. The average Bonchev–Trinajstić information content (AvgIpc) is 3.23. The maximum atomic E-state index is 10.3. The predicted molar refractivity (Wildman–Crippen MR) is 103 cm³/mol. The highest BCUT2D eigenvalue weighted by atomic mass is 35.5. The van der Waals surface area contributed by atoms with Crippen LogP contribution in [0, 0.1) is 0 Å². The third kappa shape index (κ3) is 3.03. The summed E-state index contributed by atoms with van der Waals surface area (Å²) in [6.07, 6.45) is 3.07. The first kappa shape index (κ1) is 17.5. The van der Waals surface area contributed by atoms with E-state index in [0.29, 0.717) is 30.2 Å². The molecule has 3 heterocycles. The molecule has 0 spiro atoms. The third-order valence-corrected chi connectivity index (χ3v) is 6.08. The molecule has 3 aromatic rings. The number of anilines is 1. The number of ether oxygens (including phenoxy) is 1. The number of benzene rings is 1. The zero-order chi connectivity index (χ0) is 18.3. The molecule has 2 aromatic heterocycles. The summed E-state index contributed by atoms with van der Waals surface area (Å²) in [6.45, 7) is 1.75. The Morgan fingerprint density at radius 2 is 2.15 bits per heavy atom. The van der Waals surface area contributed by atoms with E-state index in [1.54, 1.807) is 19.4 Å². The van der Waals surface area contributed by atoms with E-state index in [2.05, 4.69) is 9.88 Å². The quantitative estimate of drug-likeness (QED) is 0.707. The number of rotatable bonds is 4.